The van der Waals surface area contributed by atoms with Crippen LogP contribution in [0, 0.1) is 11.2 Å². The molecule has 88 valence electrons. The van der Waals surface area contributed by atoms with E-state index in [2.05, 4.69) is 24.1 Å². The third-order valence-electron chi connectivity index (χ3n) is 3.68. The maximum Gasteiger partial charge on any atom is 0.141 e. The van der Waals surface area contributed by atoms with Crippen molar-refractivity contribution in [1.29, 1.82) is 0 Å². The van der Waals surface area contributed by atoms with E-state index in [1.165, 1.54) is 31.5 Å². The number of pyridine rings is 1. The molecule has 0 aliphatic heterocycles. The quantitative estimate of drug-likeness (QED) is 0.828. The standard InChI is InChI=1S/C13H19FN2/c1-3-13(6-7-13)9-16-10(2)12-5-4-11(14)8-15-12/h4-5,8,10,16H,3,6-7,9H2,1-2H3. The molecule has 1 N–H and O–H groups in total. The molecule has 16 heavy (non-hydrogen) atoms. The Morgan fingerprint density at radius 3 is 2.75 bits per heavy atom. The molecular formula is C13H19FN2. The molecule has 1 atom stereocenters. The van der Waals surface area contributed by atoms with Crippen LogP contribution in [0.15, 0.2) is 18.3 Å². The van der Waals surface area contributed by atoms with Gasteiger partial charge >= 0.3 is 0 Å². The molecule has 1 unspecified atom stereocenters. The van der Waals surface area contributed by atoms with Crippen molar-refractivity contribution in [2.45, 2.75) is 39.2 Å². The monoisotopic (exact) mass is 222 g/mol. The van der Waals surface area contributed by atoms with Crippen molar-refractivity contribution in [3.63, 3.8) is 0 Å². The highest BCUT2D eigenvalue weighted by Crippen LogP contribution is 2.48. The van der Waals surface area contributed by atoms with Gasteiger partial charge in [-0.05, 0) is 43.7 Å². The Balaban J connectivity index is 1.88. The first-order valence-corrected chi connectivity index (χ1v) is 6.00. The van der Waals surface area contributed by atoms with Crippen LogP contribution in [-0.4, -0.2) is 11.5 Å². The van der Waals surface area contributed by atoms with Crippen LogP contribution in [0.25, 0.3) is 0 Å². The molecule has 1 aromatic rings. The summed E-state index contributed by atoms with van der Waals surface area (Å²) in [6.45, 7) is 5.37. The fourth-order valence-corrected chi connectivity index (χ4v) is 1.95. The Hall–Kier alpha value is -0.960. The van der Waals surface area contributed by atoms with Gasteiger partial charge in [-0.25, -0.2) is 4.39 Å². The molecule has 0 saturated heterocycles. The number of halogens is 1. The molecule has 1 heterocycles. The van der Waals surface area contributed by atoms with E-state index < -0.39 is 0 Å². The van der Waals surface area contributed by atoms with Crippen molar-refractivity contribution in [2.24, 2.45) is 5.41 Å². The van der Waals surface area contributed by atoms with Crippen molar-refractivity contribution in [3.05, 3.63) is 29.8 Å². The fourth-order valence-electron chi connectivity index (χ4n) is 1.95. The molecule has 0 amide bonds. The van der Waals surface area contributed by atoms with E-state index in [4.69, 9.17) is 0 Å². The number of hydrogen-bond acceptors (Lipinski definition) is 2. The molecule has 0 radical (unpaired) electrons. The van der Waals surface area contributed by atoms with Crippen LogP contribution in [0.5, 0.6) is 0 Å². The van der Waals surface area contributed by atoms with E-state index in [1.807, 2.05) is 0 Å². The molecule has 2 nitrogen and oxygen atoms in total. The molecule has 1 aliphatic carbocycles. The van der Waals surface area contributed by atoms with E-state index in [0.29, 0.717) is 5.41 Å². The minimum absolute atomic E-state index is 0.199. The summed E-state index contributed by atoms with van der Waals surface area (Å²) in [5.41, 5.74) is 1.45. The zero-order chi connectivity index (χ0) is 11.6. The lowest BCUT2D eigenvalue weighted by Gasteiger charge is -2.18. The maximum absolute atomic E-state index is 12.7. The van der Waals surface area contributed by atoms with Crippen LogP contribution in [0.3, 0.4) is 0 Å². The van der Waals surface area contributed by atoms with Crippen molar-refractivity contribution in [1.82, 2.24) is 10.3 Å². The summed E-state index contributed by atoms with van der Waals surface area (Å²) < 4.78 is 12.7. The Morgan fingerprint density at radius 2 is 2.25 bits per heavy atom. The smallest absolute Gasteiger partial charge is 0.141 e. The minimum atomic E-state index is -0.275. The molecule has 2 rings (SSSR count). The molecule has 1 aromatic heterocycles. The SMILES string of the molecule is CCC1(CNC(C)c2ccc(F)cn2)CC1. The second-order valence-corrected chi connectivity index (χ2v) is 4.86. The highest BCUT2D eigenvalue weighted by atomic mass is 19.1. The van der Waals surface area contributed by atoms with Gasteiger partial charge < -0.3 is 5.32 Å². The van der Waals surface area contributed by atoms with Gasteiger partial charge in [0, 0.05) is 12.6 Å². The van der Waals surface area contributed by atoms with E-state index in [1.54, 1.807) is 6.07 Å². The lowest BCUT2D eigenvalue weighted by Crippen LogP contribution is -2.27. The second kappa shape index (κ2) is 4.50. The molecule has 1 aliphatic rings. The topological polar surface area (TPSA) is 24.9 Å². The Bertz CT molecular complexity index is 343. The van der Waals surface area contributed by atoms with E-state index in [9.17, 15) is 4.39 Å². The predicted molar refractivity (Wildman–Crippen MR) is 62.6 cm³/mol. The summed E-state index contributed by atoms with van der Waals surface area (Å²) in [6.07, 6.45) is 5.18. The minimum Gasteiger partial charge on any atom is -0.308 e. The highest BCUT2D eigenvalue weighted by molar-refractivity contribution is 5.09. The number of nitrogens with zero attached hydrogens (tertiary/aromatic N) is 1. The average molecular weight is 222 g/mol. The lowest BCUT2D eigenvalue weighted by atomic mass is 10.0. The number of aromatic nitrogens is 1. The Labute approximate surface area is 96.3 Å². The van der Waals surface area contributed by atoms with Gasteiger partial charge in [0.1, 0.15) is 5.82 Å². The fraction of sp³-hybridized carbons (Fsp3) is 0.615. The van der Waals surface area contributed by atoms with Gasteiger partial charge in [-0.15, -0.1) is 0 Å². The van der Waals surface area contributed by atoms with Crippen molar-refractivity contribution >= 4 is 0 Å². The first-order chi connectivity index (χ1) is 7.65. The number of hydrogen-bond donors (Lipinski definition) is 1. The largest absolute Gasteiger partial charge is 0.308 e. The van der Waals surface area contributed by atoms with Gasteiger partial charge in [-0.2, -0.15) is 0 Å². The maximum atomic E-state index is 12.7. The van der Waals surface area contributed by atoms with E-state index >= 15 is 0 Å². The van der Waals surface area contributed by atoms with Crippen LogP contribution < -0.4 is 5.32 Å². The third-order valence-corrected chi connectivity index (χ3v) is 3.68. The first kappa shape index (κ1) is 11.5. The molecule has 3 heteroatoms. The van der Waals surface area contributed by atoms with Crippen molar-refractivity contribution in [3.8, 4) is 0 Å². The summed E-state index contributed by atoms with van der Waals surface area (Å²) in [6, 6.07) is 3.41. The van der Waals surface area contributed by atoms with Gasteiger partial charge in [0.05, 0.1) is 11.9 Å². The molecule has 1 fully saturated rings. The summed E-state index contributed by atoms with van der Waals surface area (Å²) >= 11 is 0. The zero-order valence-electron chi connectivity index (χ0n) is 9.96. The summed E-state index contributed by atoms with van der Waals surface area (Å²) in [5.74, 6) is -0.275. The molecular weight excluding hydrogens is 203 g/mol. The van der Waals surface area contributed by atoms with Crippen molar-refractivity contribution in [2.75, 3.05) is 6.54 Å². The van der Waals surface area contributed by atoms with Crippen LogP contribution in [0.1, 0.15) is 44.8 Å². The number of nitrogens with one attached hydrogen (secondary N) is 1. The van der Waals surface area contributed by atoms with Gasteiger partial charge in [-0.3, -0.25) is 4.98 Å². The van der Waals surface area contributed by atoms with Gasteiger partial charge in [0.25, 0.3) is 0 Å². The van der Waals surface area contributed by atoms with Crippen LogP contribution >= 0.6 is 0 Å². The van der Waals surface area contributed by atoms with Gasteiger partial charge in [0.15, 0.2) is 0 Å². The van der Waals surface area contributed by atoms with E-state index in [0.717, 1.165) is 12.2 Å². The second-order valence-electron chi connectivity index (χ2n) is 4.86. The van der Waals surface area contributed by atoms with E-state index in [-0.39, 0.29) is 11.9 Å². The number of rotatable bonds is 5. The van der Waals surface area contributed by atoms with Crippen LogP contribution in [0.2, 0.25) is 0 Å². The molecule has 0 spiro atoms. The first-order valence-electron chi connectivity index (χ1n) is 6.00. The molecule has 1 saturated carbocycles. The lowest BCUT2D eigenvalue weighted by molar-refractivity contribution is 0.411. The van der Waals surface area contributed by atoms with Crippen LogP contribution in [-0.2, 0) is 0 Å². The predicted octanol–water partition coefficient (Wildman–Crippen LogP) is 3.06. The summed E-state index contributed by atoms with van der Waals surface area (Å²) in [7, 11) is 0. The van der Waals surface area contributed by atoms with Gasteiger partial charge in [0.2, 0.25) is 0 Å². The Kier molecular flexibility index (Phi) is 3.24. The van der Waals surface area contributed by atoms with Gasteiger partial charge in [-0.1, -0.05) is 6.92 Å². The van der Waals surface area contributed by atoms with Crippen molar-refractivity contribution < 1.29 is 4.39 Å². The summed E-state index contributed by atoms with van der Waals surface area (Å²) in [5, 5.41) is 3.49. The average Bonchev–Trinajstić information content (AvgIpc) is 3.08. The Morgan fingerprint density at radius 1 is 1.50 bits per heavy atom. The molecule has 0 aromatic carbocycles. The highest BCUT2D eigenvalue weighted by Gasteiger charge is 2.40. The van der Waals surface area contributed by atoms with Crippen LogP contribution in [0.4, 0.5) is 4.39 Å². The normalized spacial score (nSPS) is 19.4. The summed E-state index contributed by atoms with van der Waals surface area (Å²) in [4.78, 5) is 4.09. The third kappa shape index (κ3) is 2.59. The molecule has 0 bridgehead atoms. The zero-order valence-corrected chi connectivity index (χ0v) is 9.96.